The Morgan fingerprint density at radius 2 is 1.89 bits per heavy atom. The smallest absolute Gasteiger partial charge is 0.296 e. The molecule has 2 rings (SSSR count). The molecule has 0 fully saturated rings. The van der Waals surface area contributed by atoms with Crippen molar-refractivity contribution in [1.29, 1.82) is 0 Å². The lowest BCUT2D eigenvalue weighted by Gasteiger charge is -2.05. The van der Waals surface area contributed by atoms with E-state index in [1.54, 1.807) is 17.5 Å². The van der Waals surface area contributed by atoms with Gasteiger partial charge in [-0.1, -0.05) is 12.1 Å². The second-order valence-electron chi connectivity index (χ2n) is 3.27. The van der Waals surface area contributed by atoms with Crippen molar-refractivity contribution in [2.45, 2.75) is 10.4 Å². The van der Waals surface area contributed by atoms with E-state index in [0.717, 1.165) is 0 Å². The minimum Gasteiger partial charge on any atom is -0.296 e. The van der Waals surface area contributed by atoms with Gasteiger partial charge in [-0.05, 0) is 23.9 Å². The molecule has 0 bridgehead atoms. The number of carbonyl (C=O) groups excluding carboxylic acids is 1. The quantitative estimate of drug-likeness (QED) is 0.625. The van der Waals surface area contributed by atoms with Gasteiger partial charge >= 0.3 is 5.51 Å². The van der Waals surface area contributed by atoms with Crippen LogP contribution in [0.15, 0.2) is 34.5 Å². The van der Waals surface area contributed by atoms with Crippen molar-refractivity contribution in [2.24, 2.45) is 0 Å². The molecular formula is C11H6F3NOS2. The molecule has 0 aliphatic carbocycles. The Morgan fingerprint density at radius 3 is 2.39 bits per heavy atom. The van der Waals surface area contributed by atoms with Gasteiger partial charge in [-0.25, -0.2) is 4.98 Å². The molecule has 2 nitrogen and oxygen atoms in total. The Bertz CT molecular complexity index is 548. The minimum absolute atomic E-state index is 0.124. The molecule has 0 saturated carbocycles. The van der Waals surface area contributed by atoms with Gasteiger partial charge in [-0.2, -0.15) is 13.2 Å². The molecule has 0 N–H and O–H groups in total. The van der Waals surface area contributed by atoms with Crippen LogP contribution in [0.1, 0.15) is 10.5 Å². The zero-order valence-corrected chi connectivity index (χ0v) is 10.4. The van der Waals surface area contributed by atoms with E-state index in [4.69, 9.17) is 0 Å². The molecule has 1 aromatic heterocycles. The molecule has 7 heteroatoms. The Morgan fingerprint density at radius 1 is 1.22 bits per heavy atom. The highest BCUT2D eigenvalue weighted by Gasteiger charge is 2.29. The number of hydrogen-bond acceptors (Lipinski definition) is 4. The summed E-state index contributed by atoms with van der Waals surface area (Å²) in [6.45, 7) is 0. The van der Waals surface area contributed by atoms with E-state index in [9.17, 15) is 18.0 Å². The van der Waals surface area contributed by atoms with E-state index < -0.39 is 5.51 Å². The zero-order valence-electron chi connectivity index (χ0n) is 8.77. The van der Waals surface area contributed by atoms with Gasteiger partial charge in [0.05, 0.1) is 0 Å². The van der Waals surface area contributed by atoms with Crippen LogP contribution in [0.2, 0.25) is 0 Å². The molecule has 2 aromatic rings. The Kier molecular flexibility index (Phi) is 3.72. The second kappa shape index (κ2) is 5.11. The summed E-state index contributed by atoms with van der Waals surface area (Å²) in [4.78, 5) is 14.6. The standard InChI is InChI=1S/C11H6F3NOS2/c12-11(13,14)18-9-3-1-7(2-4-9)10-15-8(5-16)6-17-10/h1-6H. The third-order valence-corrected chi connectivity index (χ3v) is 3.63. The van der Waals surface area contributed by atoms with Gasteiger partial charge in [0.2, 0.25) is 0 Å². The summed E-state index contributed by atoms with van der Waals surface area (Å²) in [6, 6.07) is 5.88. The lowest BCUT2D eigenvalue weighted by atomic mass is 10.2. The van der Waals surface area contributed by atoms with Crippen LogP contribution in [0.4, 0.5) is 13.2 Å². The van der Waals surface area contributed by atoms with Crippen LogP contribution in [0, 0.1) is 0 Å². The van der Waals surface area contributed by atoms with E-state index in [0.29, 0.717) is 22.6 Å². The number of thioether (sulfide) groups is 1. The fourth-order valence-electron chi connectivity index (χ4n) is 1.27. The van der Waals surface area contributed by atoms with Crippen molar-refractivity contribution in [3.05, 3.63) is 35.3 Å². The second-order valence-corrected chi connectivity index (χ2v) is 5.26. The van der Waals surface area contributed by atoms with Crippen LogP contribution in [-0.4, -0.2) is 16.8 Å². The van der Waals surface area contributed by atoms with Crippen LogP contribution >= 0.6 is 23.1 Å². The van der Waals surface area contributed by atoms with Gasteiger partial charge in [-0.3, -0.25) is 4.79 Å². The molecule has 1 heterocycles. The van der Waals surface area contributed by atoms with E-state index in [-0.39, 0.29) is 16.7 Å². The fraction of sp³-hybridized carbons (Fsp3) is 0.0909. The highest BCUT2D eigenvalue weighted by atomic mass is 32.2. The molecule has 0 atom stereocenters. The number of halogens is 3. The number of aldehydes is 1. The van der Waals surface area contributed by atoms with Crippen LogP contribution < -0.4 is 0 Å². The van der Waals surface area contributed by atoms with E-state index in [2.05, 4.69) is 4.98 Å². The summed E-state index contributed by atoms with van der Waals surface area (Å²) >= 11 is 1.12. The molecule has 94 valence electrons. The average Bonchev–Trinajstić information content (AvgIpc) is 2.76. The van der Waals surface area contributed by atoms with Gasteiger partial charge in [-0.15, -0.1) is 11.3 Å². The predicted octanol–water partition coefficient (Wildman–Crippen LogP) is 4.23. The summed E-state index contributed by atoms with van der Waals surface area (Å²) in [5.41, 5.74) is -3.27. The van der Waals surface area contributed by atoms with Crippen molar-refractivity contribution in [2.75, 3.05) is 0 Å². The van der Waals surface area contributed by atoms with Crippen molar-refractivity contribution in [1.82, 2.24) is 4.98 Å². The van der Waals surface area contributed by atoms with Crippen molar-refractivity contribution < 1.29 is 18.0 Å². The number of alkyl halides is 3. The predicted molar refractivity (Wildman–Crippen MR) is 64.8 cm³/mol. The number of rotatable bonds is 3. The van der Waals surface area contributed by atoms with Crippen molar-refractivity contribution in [3.8, 4) is 10.6 Å². The van der Waals surface area contributed by atoms with Gasteiger partial charge in [0, 0.05) is 15.8 Å². The van der Waals surface area contributed by atoms with Gasteiger partial charge < -0.3 is 0 Å². The molecule has 0 saturated heterocycles. The first-order valence-corrected chi connectivity index (χ1v) is 6.44. The van der Waals surface area contributed by atoms with Crippen molar-refractivity contribution >= 4 is 29.4 Å². The minimum atomic E-state index is -4.28. The van der Waals surface area contributed by atoms with Crippen molar-refractivity contribution in [3.63, 3.8) is 0 Å². The summed E-state index contributed by atoms with van der Waals surface area (Å²) in [6.07, 6.45) is 0.633. The summed E-state index contributed by atoms with van der Waals surface area (Å²) in [7, 11) is 0. The van der Waals surface area contributed by atoms with Gasteiger partial charge in [0.1, 0.15) is 10.7 Å². The van der Waals surface area contributed by atoms with Gasteiger partial charge in [0.25, 0.3) is 0 Å². The molecule has 0 spiro atoms. The highest BCUT2D eigenvalue weighted by molar-refractivity contribution is 8.00. The van der Waals surface area contributed by atoms with E-state index in [1.807, 2.05) is 0 Å². The lowest BCUT2D eigenvalue weighted by Crippen LogP contribution is -1.98. The Hall–Kier alpha value is -1.34. The van der Waals surface area contributed by atoms with Crippen LogP contribution in [0.3, 0.4) is 0 Å². The molecule has 0 unspecified atom stereocenters. The Labute approximate surface area is 109 Å². The van der Waals surface area contributed by atoms with E-state index in [1.165, 1.54) is 23.5 Å². The first-order valence-electron chi connectivity index (χ1n) is 4.75. The monoisotopic (exact) mass is 289 g/mol. The fourth-order valence-corrected chi connectivity index (χ4v) is 2.58. The first kappa shape index (κ1) is 13.1. The highest BCUT2D eigenvalue weighted by Crippen LogP contribution is 2.37. The topological polar surface area (TPSA) is 30.0 Å². The zero-order chi connectivity index (χ0) is 13.2. The third kappa shape index (κ3) is 3.33. The average molecular weight is 289 g/mol. The number of aromatic nitrogens is 1. The number of hydrogen-bond donors (Lipinski definition) is 0. The summed E-state index contributed by atoms with van der Waals surface area (Å²) in [5.74, 6) is 0. The van der Waals surface area contributed by atoms with Crippen LogP contribution in [-0.2, 0) is 0 Å². The van der Waals surface area contributed by atoms with Gasteiger partial charge in [0.15, 0.2) is 6.29 Å². The lowest BCUT2D eigenvalue weighted by molar-refractivity contribution is -0.0328. The molecule has 0 aliphatic rings. The third-order valence-electron chi connectivity index (χ3n) is 1.98. The van der Waals surface area contributed by atoms with Crippen LogP contribution in [0.25, 0.3) is 10.6 Å². The largest absolute Gasteiger partial charge is 0.446 e. The molecule has 18 heavy (non-hydrogen) atoms. The number of carbonyl (C=O) groups is 1. The summed E-state index contributed by atoms with van der Waals surface area (Å²) < 4.78 is 36.4. The maximum Gasteiger partial charge on any atom is 0.446 e. The maximum absolute atomic E-state index is 12.1. The Balaban J connectivity index is 2.19. The normalized spacial score (nSPS) is 11.5. The SMILES string of the molecule is O=Cc1csc(-c2ccc(SC(F)(F)F)cc2)n1. The molecule has 0 aliphatic heterocycles. The number of nitrogens with zero attached hydrogens (tertiary/aromatic N) is 1. The number of thiazole rings is 1. The van der Waals surface area contributed by atoms with Crippen LogP contribution in [0.5, 0.6) is 0 Å². The first-order chi connectivity index (χ1) is 8.48. The molecule has 0 amide bonds. The molecule has 0 radical (unpaired) electrons. The molecule has 1 aromatic carbocycles. The van der Waals surface area contributed by atoms with E-state index >= 15 is 0 Å². The number of benzene rings is 1. The molecular weight excluding hydrogens is 283 g/mol. The maximum atomic E-state index is 12.1. The summed E-state index contributed by atoms with van der Waals surface area (Å²) in [5, 5.41) is 2.21.